The van der Waals surface area contributed by atoms with Crippen molar-refractivity contribution in [3.05, 3.63) is 70.2 Å². The Labute approximate surface area is 292 Å². The Morgan fingerprint density at radius 1 is 0.918 bits per heavy atom. The first-order chi connectivity index (χ1) is 23.8. The van der Waals surface area contributed by atoms with Crippen LogP contribution in [0, 0.1) is 0 Å². The summed E-state index contributed by atoms with van der Waals surface area (Å²) in [6.07, 6.45) is 4.32. The minimum absolute atomic E-state index is 0.0783. The Morgan fingerprint density at radius 2 is 1.51 bits per heavy atom. The molecule has 2 aromatic heterocycles. The monoisotopic (exact) mass is 704 g/mol. The molecule has 4 aromatic rings. The second kappa shape index (κ2) is 13.7. The van der Waals surface area contributed by atoms with Crippen molar-refractivity contribution in [2.45, 2.75) is 37.6 Å². The molecule has 15 heteroatoms. The van der Waals surface area contributed by atoms with E-state index in [9.17, 15) is 9.59 Å². The van der Waals surface area contributed by atoms with Crippen LogP contribution in [0.5, 0.6) is 11.8 Å². The number of nitrogens with one attached hydrogen (secondary N) is 3. The van der Waals surface area contributed by atoms with Crippen molar-refractivity contribution in [3.63, 3.8) is 0 Å². The summed E-state index contributed by atoms with van der Waals surface area (Å²) >= 11 is 14.1. The number of benzene rings is 2. The molecule has 3 N–H and O–H groups in total. The topological polar surface area (TPSA) is 153 Å². The van der Waals surface area contributed by atoms with Gasteiger partial charge in [-0.15, -0.1) is 0 Å². The smallest absolute Gasteiger partial charge is 0.407 e. The van der Waals surface area contributed by atoms with E-state index in [2.05, 4.69) is 30.8 Å². The number of carbonyl (C=O) groups is 2. The van der Waals surface area contributed by atoms with Crippen LogP contribution >= 0.6 is 23.2 Å². The van der Waals surface area contributed by atoms with Crippen molar-refractivity contribution in [2.75, 3.05) is 40.4 Å². The van der Waals surface area contributed by atoms with Gasteiger partial charge in [0.05, 0.1) is 54.6 Å². The van der Waals surface area contributed by atoms with Gasteiger partial charge < -0.3 is 30.2 Å². The van der Waals surface area contributed by atoms with Gasteiger partial charge in [0.25, 0.3) is 0 Å². The van der Waals surface area contributed by atoms with Crippen molar-refractivity contribution in [3.8, 4) is 45.4 Å². The quantitative estimate of drug-likeness (QED) is 0.205. The molecule has 0 aliphatic carbocycles. The zero-order valence-corrected chi connectivity index (χ0v) is 28.4. The highest BCUT2D eigenvalue weighted by Crippen LogP contribution is 2.42. The first-order valence-electron chi connectivity index (χ1n) is 15.8. The van der Waals surface area contributed by atoms with Crippen molar-refractivity contribution in [1.82, 2.24) is 40.8 Å². The second-order valence-electron chi connectivity index (χ2n) is 12.3. The summed E-state index contributed by atoms with van der Waals surface area (Å²) in [4.78, 5) is 43.9. The molecule has 1 atom stereocenters. The van der Waals surface area contributed by atoms with Crippen molar-refractivity contribution in [1.29, 1.82) is 0 Å². The molecule has 2 amide bonds. The Hall–Kier alpha value is -4.56. The maximum atomic E-state index is 11.5. The Morgan fingerprint density at radius 3 is 2.06 bits per heavy atom. The minimum Gasteiger partial charge on any atom is -0.480 e. The zero-order chi connectivity index (χ0) is 34.1. The molecular formula is C34H34Cl2N8O5. The molecule has 3 fully saturated rings. The number of likely N-dealkylation sites (tertiary alicyclic amines) is 1. The number of carbonyl (C=O) groups excluding carboxylic acids is 2. The predicted molar refractivity (Wildman–Crippen MR) is 182 cm³/mol. The molecule has 2 aromatic carbocycles. The number of alkyl carbamates (subject to hydrolysis) is 1. The molecule has 1 unspecified atom stereocenters. The number of aromatic nitrogens is 4. The number of methoxy groups -OCH3 is 2. The van der Waals surface area contributed by atoms with E-state index >= 15 is 0 Å². The van der Waals surface area contributed by atoms with Gasteiger partial charge in [0.2, 0.25) is 17.7 Å². The second-order valence-corrected chi connectivity index (χ2v) is 13.0. The fraction of sp³-hybridized carbons (Fsp3) is 0.353. The van der Waals surface area contributed by atoms with Crippen LogP contribution in [0.15, 0.2) is 48.8 Å². The molecule has 49 heavy (non-hydrogen) atoms. The van der Waals surface area contributed by atoms with Gasteiger partial charge in [-0.2, -0.15) is 0 Å². The lowest BCUT2D eigenvalue weighted by molar-refractivity contribution is -0.119. The molecule has 13 nitrogen and oxygen atoms in total. The van der Waals surface area contributed by atoms with Gasteiger partial charge in [-0.05, 0) is 6.42 Å². The highest BCUT2D eigenvalue weighted by molar-refractivity contribution is 6.39. The fourth-order valence-electron chi connectivity index (χ4n) is 6.45. The highest BCUT2D eigenvalue weighted by Gasteiger charge is 2.50. The maximum absolute atomic E-state index is 11.5. The third-order valence-corrected chi connectivity index (χ3v) is 9.69. The Bertz CT molecular complexity index is 1920. The number of ether oxygens (including phenoxy) is 3. The first-order valence-corrected chi connectivity index (χ1v) is 16.6. The summed E-state index contributed by atoms with van der Waals surface area (Å²) in [6, 6.07) is 11.4. The maximum Gasteiger partial charge on any atom is 0.407 e. The fourth-order valence-corrected chi connectivity index (χ4v) is 7.10. The lowest BCUT2D eigenvalue weighted by Crippen LogP contribution is -2.63. The molecule has 0 saturated carbocycles. The third kappa shape index (κ3) is 6.71. The summed E-state index contributed by atoms with van der Waals surface area (Å²) in [5.41, 5.74) is 4.69. The zero-order valence-electron chi connectivity index (χ0n) is 26.9. The van der Waals surface area contributed by atoms with E-state index < -0.39 is 5.60 Å². The van der Waals surface area contributed by atoms with Gasteiger partial charge in [-0.1, -0.05) is 59.6 Å². The number of rotatable bonds is 11. The molecule has 1 spiro atoms. The minimum atomic E-state index is -0.472. The van der Waals surface area contributed by atoms with E-state index in [1.165, 1.54) is 0 Å². The number of amides is 2. The van der Waals surface area contributed by atoms with Crippen LogP contribution in [0.4, 0.5) is 4.79 Å². The molecule has 3 aliphatic rings. The van der Waals surface area contributed by atoms with Gasteiger partial charge in [0.15, 0.2) is 5.60 Å². The SMILES string of the molecule is COc1nc(-c2cccc(-c3cccc(-c4cnc(CN5CC6(CNC(=O)O6)C5)c(OC)n4)c3Cl)c2Cl)cnc1CNCC1CCC(=O)N1. The third-order valence-electron chi connectivity index (χ3n) is 8.88. The molecule has 3 aliphatic heterocycles. The average molecular weight is 706 g/mol. The van der Waals surface area contributed by atoms with E-state index in [4.69, 9.17) is 47.4 Å². The van der Waals surface area contributed by atoms with Crippen LogP contribution in [0.2, 0.25) is 10.0 Å². The molecule has 5 heterocycles. The van der Waals surface area contributed by atoms with E-state index in [1.54, 1.807) is 26.6 Å². The Kier molecular flexibility index (Phi) is 9.25. The van der Waals surface area contributed by atoms with Crippen LogP contribution in [-0.2, 0) is 22.6 Å². The highest BCUT2D eigenvalue weighted by atomic mass is 35.5. The van der Waals surface area contributed by atoms with Gasteiger partial charge in [0, 0.05) is 67.4 Å². The van der Waals surface area contributed by atoms with E-state index in [1.807, 2.05) is 36.4 Å². The van der Waals surface area contributed by atoms with Crippen LogP contribution < -0.4 is 25.4 Å². The molecule has 0 radical (unpaired) electrons. The summed E-state index contributed by atoms with van der Waals surface area (Å²) in [7, 11) is 3.10. The van der Waals surface area contributed by atoms with Gasteiger partial charge in [0.1, 0.15) is 11.4 Å². The summed E-state index contributed by atoms with van der Waals surface area (Å²) in [5, 5.41) is 9.90. The van der Waals surface area contributed by atoms with E-state index in [0.717, 1.165) is 6.42 Å². The van der Waals surface area contributed by atoms with E-state index in [0.29, 0.717) is 113 Å². The van der Waals surface area contributed by atoms with Crippen LogP contribution in [0.1, 0.15) is 24.2 Å². The largest absolute Gasteiger partial charge is 0.480 e. The summed E-state index contributed by atoms with van der Waals surface area (Å²) < 4.78 is 16.6. The van der Waals surface area contributed by atoms with Gasteiger partial charge >= 0.3 is 6.09 Å². The van der Waals surface area contributed by atoms with Crippen molar-refractivity contribution < 1.29 is 23.8 Å². The predicted octanol–water partition coefficient (Wildman–Crippen LogP) is 4.25. The molecule has 3 saturated heterocycles. The Balaban J connectivity index is 1.10. The van der Waals surface area contributed by atoms with Crippen LogP contribution in [0.3, 0.4) is 0 Å². The molecule has 7 rings (SSSR count). The molecule has 0 bridgehead atoms. The normalized spacial score (nSPS) is 18.2. The summed E-state index contributed by atoms with van der Waals surface area (Å²) in [5.74, 6) is 0.845. The lowest BCUT2D eigenvalue weighted by atomic mass is 9.94. The molecule has 254 valence electrons. The van der Waals surface area contributed by atoms with Crippen LogP contribution in [-0.4, -0.2) is 88.9 Å². The standard InChI is InChI=1S/C34H34Cl2N8O5/c1-47-31-26(12-37-11-19-9-10-28(45)41-19)38-13-24(42-31)22-7-3-5-20(29(22)35)21-6-4-8-23(30(21)36)25-14-39-27(32(43-25)48-2)15-44-17-34(18-44)16-40-33(46)49-34/h3-8,13-14,19,37H,9-12,15-18H2,1-2H3,(H,40,46)(H,41,45). The van der Waals surface area contributed by atoms with Crippen LogP contribution in [0.25, 0.3) is 33.6 Å². The average Bonchev–Trinajstić information content (AvgIpc) is 3.70. The number of halogens is 2. The van der Waals surface area contributed by atoms with Crippen molar-refractivity contribution in [2.24, 2.45) is 0 Å². The summed E-state index contributed by atoms with van der Waals surface area (Å²) in [6.45, 7) is 3.27. The van der Waals surface area contributed by atoms with Crippen molar-refractivity contribution >= 4 is 35.2 Å². The molecular weight excluding hydrogens is 671 g/mol. The van der Waals surface area contributed by atoms with E-state index in [-0.39, 0.29) is 18.0 Å². The van der Waals surface area contributed by atoms with Gasteiger partial charge in [-0.25, -0.2) is 14.8 Å². The number of nitrogens with zero attached hydrogens (tertiary/aromatic N) is 5. The number of hydrogen-bond donors (Lipinski definition) is 3. The first kappa shape index (κ1) is 33.0. The lowest BCUT2D eigenvalue weighted by Gasteiger charge is -2.45. The number of hydrogen-bond acceptors (Lipinski definition) is 11. The van der Waals surface area contributed by atoms with Gasteiger partial charge in [-0.3, -0.25) is 19.7 Å².